The van der Waals surface area contributed by atoms with Crippen LogP contribution in [0.4, 0.5) is 5.13 Å². The van der Waals surface area contributed by atoms with E-state index in [0.717, 1.165) is 35.8 Å². The lowest BCUT2D eigenvalue weighted by molar-refractivity contribution is 0.102. The number of aromatic nitrogens is 3. The van der Waals surface area contributed by atoms with Crippen LogP contribution in [0, 0.1) is 0 Å². The molecule has 1 aliphatic heterocycles. The van der Waals surface area contributed by atoms with E-state index in [4.69, 9.17) is 4.98 Å². The molecule has 1 N–H and O–H groups in total. The van der Waals surface area contributed by atoms with E-state index in [0.29, 0.717) is 16.4 Å². The van der Waals surface area contributed by atoms with Crippen LogP contribution in [-0.2, 0) is 6.54 Å². The van der Waals surface area contributed by atoms with Gasteiger partial charge in [-0.1, -0.05) is 60.2 Å². The van der Waals surface area contributed by atoms with Crippen LogP contribution in [0.3, 0.4) is 0 Å². The molecule has 1 fully saturated rings. The van der Waals surface area contributed by atoms with Gasteiger partial charge < -0.3 is 0 Å². The molecule has 1 amide bonds. The number of likely N-dealkylation sites (tertiary alicyclic amines) is 1. The van der Waals surface area contributed by atoms with E-state index in [1.807, 2.05) is 68.4 Å². The number of piperidine rings is 1. The number of hydrogen-bond acceptors (Lipinski definition) is 6. The van der Waals surface area contributed by atoms with Crippen LogP contribution in [-0.4, -0.2) is 38.7 Å². The summed E-state index contributed by atoms with van der Waals surface area (Å²) in [6.07, 6.45) is 3.84. The highest BCUT2D eigenvalue weighted by molar-refractivity contribution is 7.19. The van der Waals surface area contributed by atoms with Gasteiger partial charge in [-0.3, -0.25) is 19.8 Å². The molecule has 4 aromatic rings. The van der Waals surface area contributed by atoms with Crippen LogP contribution in [0.25, 0.3) is 21.8 Å². The molecule has 0 spiro atoms. The molecular weight excluding hydrogens is 482 g/mol. The van der Waals surface area contributed by atoms with Crippen molar-refractivity contribution in [1.29, 1.82) is 0 Å². The zero-order chi connectivity index (χ0) is 25.8. The molecule has 1 aliphatic rings. The molecule has 0 atom stereocenters. The Hall–Kier alpha value is -3.62. The average molecular weight is 514 g/mol. The van der Waals surface area contributed by atoms with Gasteiger partial charge in [0.05, 0.1) is 16.6 Å². The van der Waals surface area contributed by atoms with Gasteiger partial charge in [-0.2, -0.15) is 5.10 Å². The number of hydrogen-bond donors (Lipinski definition) is 1. The summed E-state index contributed by atoms with van der Waals surface area (Å²) >= 11 is 1.36. The third kappa shape index (κ3) is 5.87. The Balaban J connectivity index is 1.40. The van der Waals surface area contributed by atoms with E-state index < -0.39 is 0 Å². The van der Waals surface area contributed by atoms with Crippen molar-refractivity contribution in [3.8, 4) is 21.8 Å². The molecule has 0 unspecified atom stereocenters. The zero-order valence-corrected chi connectivity index (χ0v) is 22.0. The van der Waals surface area contributed by atoms with Gasteiger partial charge in [0, 0.05) is 23.7 Å². The maximum Gasteiger partial charge on any atom is 0.267 e. The summed E-state index contributed by atoms with van der Waals surface area (Å²) in [5, 5.41) is 8.05. The van der Waals surface area contributed by atoms with Crippen molar-refractivity contribution in [1.82, 2.24) is 19.7 Å². The Labute approximate surface area is 220 Å². The van der Waals surface area contributed by atoms with Gasteiger partial charge in [0.1, 0.15) is 5.69 Å². The summed E-state index contributed by atoms with van der Waals surface area (Å²) in [5.41, 5.74) is 3.94. The second-order valence-electron chi connectivity index (χ2n) is 9.65. The normalized spacial score (nSPS) is 14.1. The molecular formula is C29H31N5O2S. The van der Waals surface area contributed by atoms with Gasteiger partial charge in [0.2, 0.25) is 0 Å². The highest BCUT2D eigenvalue weighted by atomic mass is 32.1. The highest BCUT2D eigenvalue weighted by Crippen LogP contribution is 2.38. The Morgan fingerprint density at radius 3 is 2.41 bits per heavy atom. The summed E-state index contributed by atoms with van der Waals surface area (Å²) in [6, 6.07) is 20.8. The van der Waals surface area contributed by atoms with Crippen molar-refractivity contribution in [3.05, 3.63) is 88.2 Å². The molecule has 37 heavy (non-hydrogen) atoms. The van der Waals surface area contributed by atoms with Crippen LogP contribution < -0.4 is 10.9 Å². The maximum absolute atomic E-state index is 13.1. The van der Waals surface area contributed by atoms with Crippen molar-refractivity contribution >= 4 is 22.4 Å². The van der Waals surface area contributed by atoms with Gasteiger partial charge in [-0.05, 0) is 63.5 Å². The fourth-order valence-corrected chi connectivity index (χ4v) is 5.51. The summed E-state index contributed by atoms with van der Waals surface area (Å²) in [5.74, 6) is -0.204. The molecule has 0 aliphatic carbocycles. The number of carbonyl (C=O) groups excluding carboxylic acids is 1. The minimum absolute atomic E-state index is 0.0717. The molecule has 8 heteroatoms. The number of nitrogens with one attached hydrogen (secondary N) is 1. The number of rotatable bonds is 7. The smallest absolute Gasteiger partial charge is 0.267 e. The lowest BCUT2D eigenvalue weighted by atomic mass is 10.1. The van der Waals surface area contributed by atoms with E-state index in [1.165, 1.54) is 46.9 Å². The summed E-state index contributed by atoms with van der Waals surface area (Å²) < 4.78 is 1.47. The van der Waals surface area contributed by atoms with Gasteiger partial charge in [-0.15, -0.1) is 0 Å². The van der Waals surface area contributed by atoms with E-state index in [1.54, 1.807) is 6.07 Å². The molecule has 2 aromatic heterocycles. The van der Waals surface area contributed by atoms with Gasteiger partial charge in [-0.25, -0.2) is 9.67 Å². The van der Waals surface area contributed by atoms with Crippen molar-refractivity contribution in [2.75, 3.05) is 18.4 Å². The molecule has 0 saturated carbocycles. The fourth-order valence-electron chi connectivity index (χ4n) is 4.56. The predicted molar refractivity (Wildman–Crippen MR) is 149 cm³/mol. The largest absolute Gasteiger partial charge is 0.299 e. The maximum atomic E-state index is 13.1. The standard InChI is InChI=1S/C29H31N5O2S/c1-20(2)34-25(35)16-15-24(32-34)27-26(22-9-5-3-6-10-22)30-29(37-27)31-28(36)23-13-11-21(12-14-23)19-33-17-7-4-8-18-33/h3,5-6,9-16,20H,4,7-8,17-19H2,1-2H3,(H,30,31,36). The zero-order valence-electron chi connectivity index (χ0n) is 21.2. The van der Waals surface area contributed by atoms with Crippen LogP contribution in [0.1, 0.15) is 55.1 Å². The van der Waals surface area contributed by atoms with Crippen molar-refractivity contribution < 1.29 is 4.79 Å². The lowest BCUT2D eigenvalue weighted by Gasteiger charge is -2.26. The Kier molecular flexibility index (Phi) is 7.58. The first kappa shape index (κ1) is 25.0. The van der Waals surface area contributed by atoms with Crippen LogP contribution in [0.15, 0.2) is 71.5 Å². The number of thiazole rings is 1. The highest BCUT2D eigenvalue weighted by Gasteiger charge is 2.19. The summed E-state index contributed by atoms with van der Waals surface area (Å²) in [4.78, 5) is 33.4. The van der Waals surface area contributed by atoms with Crippen LogP contribution in [0.5, 0.6) is 0 Å². The Bertz CT molecular complexity index is 1420. The molecule has 190 valence electrons. The van der Waals surface area contributed by atoms with E-state index in [-0.39, 0.29) is 17.5 Å². The molecule has 5 rings (SSSR count). The summed E-state index contributed by atoms with van der Waals surface area (Å²) in [7, 11) is 0. The fraction of sp³-hybridized carbons (Fsp3) is 0.310. The van der Waals surface area contributed by atoms with Crippen LogP contribution >= 0.6 is 11.3 Å². The number of nitrogens with zero attached hydrogens (tertiary/aromatic N) is 4. The second-order valence-corrected chi connectivity index (χ2v) is 10.6. The van der Waals surface area contributed by atoms with E-state index >= 15 is 0 Å². The minimum Gasteiger partial charge on any atom is -0.299 e. The van der Waals surface area contributed by atoms with Gasteiger partial charge in [0.15, 0.2) is 5.13 Å². The third-order valence-electron chi connectivity index (χ3n) is 6.51. The Morgan fingerprint density at radius 2 is 1.70 bits per heavy atom. The monoisotopic (exact) mass is 513 g/mol. The minimum atomic E-state index is -0.204. The van der Waals surface area contributed by atoms with Crippen molar-refractivity contribution in [2.45, 2.75) is 45.7 Å². The number of amides is 1. The number of benzene rings is 2. The molecule has 0 bridgehead atoms. The molecule has 2 aromatic carbocycles. The quantitative estimate of drug-likeness (QED) is 0.335. The SMILES string of the molecule is CC(C)n1nc(-c2sc(NC(=O)c3ccc(CN4CCCCC4)cc3)nc2-c2ccccc2)ccc1=O. The van der Waals surface area contributed by atoms with Crippen molar-refractivity contribution in [3.63, 3.8) is 0 Å². The van der Waals surface area contributed by atoms with Gasteiger partial charge >= 0.3 is 0 Å². The van der Waals surface area contributed by atoms with E-state index in [2.05, 4.69) is 15.3 Å². The topological polar surface area (TPSA) is 80.1 Å². The number of anilines is 1. The molecule has 7 nitrogen and oxygen atoms in total. The third-order valence-corrected chi connectivity index (χ3v) is 7.51. The second kappa shape index (κ2) is 11.2. The molecule has 0 radical (unpaired) electrons. The lowest BCUT2D eigenvalue weighted by Crippen LogP contribution is -2.29. The first-order chi connectivity index (χ1) is 18.0. The van der Waals surface area contributed by atoms with Crippen LogP contribution in [0.2, 0.25) is 0 Å². The van der Waals surface area contributed by atoms with E-state index in [9.17, 15) is 9.59 Å². The molecule has 3 heterocycles. The van der Waals surface area contributed by atoms with Crippen molar-refractivity contribution in [2.24, 2.45) is 0 Å². The summed E-state index contributed by atoms with van der Waals surface area (Å²) in [6.45, 7) is 7.05. The van der Waals surface area contributed by atoms with Gasteiger partial charge in [0.25, 0.3) is 11.5 Å². The predicted octanol–water partition coefficient (Wildman–Crippen LogP) is 5.85. The first-order valence-electron chi connectivity index (χ1n) is 12.8. The average Bonchev–Trinajstić information content (AvgIpc) is 3.34. The first-order valence-corrected chi connectivity index (χ1v) is 13.6. The Morgan fingerprint density at radius 1 is 0.973 bits per heavy atom. The molecule has 1 saturated heterocycles. The number of carbonyl (C=O) groups is 1.